The number of hydrogen-bond acceptors (Lipinski definition) is 5. The Morgan fingerprint density at radius 3 is 2.20 bits per heavy atom. The molecule has 2 aromatic rings. The van der Waals surface area contributed by atoms with E-state index in [2.05, 4.69) is 15.9 Å². The summed E-state index contributed by atoms with van der Waals surface area (Å²) in [5.74, 6) is 1.77. The molecule has 0 radical (unpaired) electrons. The molecule has 1 heterocycles. The van der Waals surface area contributed by atoms with Gasteiger partial charge < -0.3 is 19.9 Å². The summed E-state index contributed by atoms with van der Waals surface area (Å²) in [5, 5.41) is 0. The van der Waals surface area contributed by atoms with Gasteiger partial charge in [0.1, 0.15) is 0 Å². The van der Waals surface area contributed by atoms with E-state index in [1.807, 2.05) is 24.3 Å². The maximum atomic E-state index is 6.33. The molecule has 20 heavy (non-hydrogen) atoms. The molecule has 1 aromatic heterocycles. The summed E-state index contributed by atoms with van der Waals surface area (Å²) in [7, 11) is 4.77. The number of rotatable bonds is 5. The number of methoxy groups -OCH3 is 3. The normalized spacial score (nSPS) is 12.1. The Balaban J connectivity index is 2.51. The highest BCUT2D eigenvalue weighted by Crippen LogP contribution is 2.43. The van der Waals surface area contributed by atoms with Gasteiger partial charge in [-0.15, -0.1) is 11.3 Å². The number of benzene rings is 1. The minimum Gasteiger partial charge on any atom is -0.493 e. The van der Waals surface area contributed by atoms with Gasteiger partial charge in [-0.2, -0.15) is 0 Å². The molecule has 0 saturated heterocycles. The van der Waals surface area contributed by atoms with Crippen molar-refractivity contribution in [2.45, 2.75) is 6.04 Å². The topological polar surface area (TPSA) is 53.7 Å². The SMILES string of the molecule is COc1ccc(C(N)c2ccc(Br)s2)c(OC)c1OC. The van der Waals surface area contributed by atoms with Crippen molar-refractivity contribution in [1.82, 2.24) is 0 Å². The highest BCUT2D eigenvalue weighted by molar-refractivity contribution is 9.11. The molecule has 0 fully saturated rings. The molecule has 0 saturated carbocycles. The third-order valence-corrected chi connectivity index (χ3v) is 4.68. The van der Waals surface area contributed by atoms with Gasteiger partial charge in [-0.1, -0.05) is 0 Å². The second kappa shape index (κ2) is 6.47. The maximum absolute atomic E-state index is 6.33. The lowest BCUT2D eigenvalue weighted by atomic mass is 10.0. The fraction of sp³-hybridized carbons (Fsp3) is 0.286. The Morgan fingerprint density at radius 1 is 1.00 bits per heavy atom. The van der Waals surface area contributed by atoms with Crippen molar-refractivity contribution in [1.29, 1.82) is 0 Å². The second-order valence-corrected chi connectivity index (χ2v) is 6.54. The first-order valence-corrected chi connectivity index (χ1v) is 7.53. The molecule has 0 amide bonds. The number of ether oxygens (including phenoxy) is 3. The molecule has 1 aromatic carbocycles. The summed E-state index contributed by atoms with van der Waals surface area (Å²) in [6.45, 7) is 0. The Labute approximate surface area is 130 Å². The molecule has 0 bridgehead atoms. The zero-order valence-corrected chi connectivity index (χ0v) is 13.9. The lowest BCUT2D eigenvalue weighted by molar-refractivity contribution is 0.321. The molecule has 1 unspecified atom stereocenters. The molecule has 1 atom stereocenters. The van der Waals surface area contributed by atoms with E-state index in [1.165, 1.54) is 0 Å². The van der Waals surface area contributed by atoms with Crippen LogP contribution in [-0.2, 0) is 0 Å². The summed E-state index contributed by atoms with van der Waals surface area (Å²) in [6.07, 6.45) is 0. The van der Waals surface area contributed by atoms with Crippen LogP contribution in [0, 0.1) is 0 Å². The summed E-state index contributed by atoms with van der Waals surface area (Å²) in [4.78, 5) is 1.04. The van der Waals surface area contributed by atoms with Gasteiger partial charge in [0.15, 0.2) is 11.5 Å². The summed E-state index contributed by atoms with van der Waals surface area (Å²) in [6, 6.07) is 7.43. The number of hydrogen-bond donors (Lipinski definition) is 1. The lowest BCUT2D eigenvalue weighted by Crippen LogP contribution is -2.12. The van der Waals surface area contributed by atoms with E-state index in [9.17, 15) is 0 Å². The van der Waals surface area contributed by atoms with Gasteiger partial charge in [-0.25, -0.2) is 0 Å². The van der Waals surface area contributed by atoms with E-state index in [0.29, 0.717) is 17.2 Å². The second-order valence-electron chi connectivity index (χ2n) is 4.04. The molecule has 2 rings (SSSR count). The van der Waals surface area contributed by atoms with Crippen molar-refractivity contribution in [2.24, 2.45) is 5.73 Å². The predicted octanol–water partition coefficient (Wildman–Crippen LogP) is 3.58. The molecule has 4 nitrogen and oxygen atoms in total. The van der Waals surface area contributed by atoms with Crippen molar-refractivity contribution in [3.63, 3.8) is 0 Å². The third-order valence-electron chi connectivity index (χ3n) is 2.97. The van der Waals surface area contributed by atoms with Crippen LogP contribution >= 0.6 is 27.3 Å². The number of halogens is 1. The van der Waals surface area contributed by atoms with Gasteiger partial charge in [-0.3, -0.25) is 0 Å². The Hall–Kier alpha value is -1.24. The first-order valence-electron chi connectivity index (χ1n) is 5.92. The molecule has 2 N–H and O–H groups in total. The fourth-order valence-electron chi connectivity index (χ4n) is 2.02. The van der Waals surface area contributed by atoms with E-state index in [1.54, 1.807) is 32.7 Å². The summed E-state index contributed by atoms with van der Waals surface area (Å²) < 4.78 is 17.2. The molecule has 0 aliphatic heterocycles. The van der Waals surface area contributed by atoms with E-state index in [0.717, 1.165) is 14.2 Å². The minimum absolute atomic E-state index is 0.277. The van der Waals surface area contributed by atoms with Gasteiger partial charge >= 0.3 is 0 Å². The molecule has 0 aliphatic carbocycles. The van der Waals surface area contributed by atoms with Crippen molar-refractivity contribution >= 4 is 27.3 Å². The maximum Gasteiger partial charge on any atom is 0.203 e. The minimum atomic E-state index is -0.277. The molecular weight excluding hydrogens is 342 g/mol. The van der Waals surface area contributed by atoms with Crippen LogP contribution in [0.5, 0.6) is 17.2 Å². The van der Waals surface area contributed by atoms with Crippen LogP contribution in [0.15, 0.2) is 28.1 Å². The smallest absolute Gasteiger partial charge is 0.203 e. The highest BCUT2D eigenvalue weighted by atomic mass is 79.9. The van der Waals surface area contributed by atoms with Crippen LogP contribution in [0.3, 0.4) is 0 Å². The van der Waals surface area contributed by atoms with Gasteiger partial charge in [0, 0.05) is 10.4 Å². The van der Waals surface area contributed by atoms with Crippen LogP contribution in [0.4, 0.5) is 0 Å². The Bertz CT molecular complexity index is 600. The first-order chi connectivity index (χ1) is 9.62. The first kappa shape index (κ1) is 15.2. The van der Waals surface area contributed by atoms with Gasteiger partial charge in [-0.05, 0) is 40.2 Å². The van der Waals surface area contributed by atoms with Gasteiger partial charge in [0.25, 0.3) is 0 Å². The van der Waals surface area contributed by atoms with Crippen molar-refractivity contribution in [3.05, 3.63) is 38.5 Å². The predicted molar refractivity (Wildman–Crippen MR) is 84.1 cm³/mol. The number of nitrogens with two attached hydrogens (primary N) is 1. The standard InChI is InChI=1S/C14H16BrNO3S/c1-17-9-5-4-8(13(18-2)14(9)19-3)12(16)10-6-7-11(15)20-10/h4-7,12H,16H2,1-3H3. The average Bonchev–Trinajstić information content (AvgIpc) is 2.91. The molecule has 108 valence electrons. The number of thiophene rings is 1. The summed E-state index contributed by atoms with van der Waals surface area (Å²) in [5.41, 5.74) is 7.20. The fourth-order valence-corrected chi connectivity index (χ4v) is 3.46. The van der Waals surface area contributed by atoms with Crippen molar-refractivity contribution < 1.29 is 14.2 Å². The van der Waals surface area contributed by atoms with Crippen LogP contribution in [0.25, 0.3) is 0 Å². The molecule has 0 aliphatic rings. The Morgan fingerprint density at radius 2 is 1.70 bits per heavy atom. The zero-order chi connectivity index (χ0) is 14.7. The van der Waals surface area contributed by atoms with E-state index < -0.39 is 0 Å². The molecule has 6 heteroatoms. The van der Waals surface area contributed by atoms with E-state index >= 15 is 0 Å². The van der Waals surface area contributed by atoms with Gasteiger partial charge in [0.2, 0.25) is 5.75 Å². The quantitative estimate of drug-likeness (QED) is 0.888. The third kappa shape index (κ3) is 2.77. The van der Waals surface area contributed by atoms with Gasteiger partial charge in [0.05, 0.1) is 31.2 Å². The van der Waals surface area contributed by atoms with E-state index in [-0.39, 0.29) is 6.04 Å². The average molecular weight is 358 g/mol. The Kier molecular flexibility index (Phi) is 4.91. The monoisotopic (exact) mass is 357 g/mol. The van der Waals surface area contributed by atoms with Crippen molar-refractivity contribution in [3.8, 4) is 17.2 Å². The van der Waals surface area contributed by atoms with Crippen LogP contribution < -0.4 is 19.9 Å². The highest BCUT2D eigenvalue weighted by Gasteiger charge is 2.21. The zero-order valence-electron chi connectivity index (χ0n) is 11.5. The summed E-state index contributed by atoms with van der Waals surface area (Å²) >= 11 is 5.04. The van der Waals surface area contributed by atoms with Crippen LogP contribution in [0.1, 0.15) is 16.5 Å². The molecular formula is C14H16BrNO3S. The molecule has 0 spiro atoms. The van der Waals surface area contributed by atoms with E-state index in [4.69, 9.17) is 19.9 Å². The largest absolute Gasteiger partial charge is 0.493 e. The van der Waals surface area contributed by atoms with Crippen LogP contribution in [-0.4, -0.2) is 21.3 Å². The lowest BCUT2D eigenvalue weighted by Gasteiger charge is -2.19. The van der Waals surface area contributed by atoms with Crippen molar-refractivity contribution in [2.75, 3.05) is 21.3 Å². The van der Waals surface area contributed by atoms with Crippen LogP contribution in [0.2, 0.25) is 0 Å².